The molecule has 0 saturated carbocycles. The van der Waals surface area contributed by atoms with Crippen LogP contribution in [0.4, 0.5) is 5.69 Å². The predicted octanol–water partition coefficient (Wildman–Crippen LogP) is 0.982. The average Bonchev–Trinajstić information content (AvgIpc) is 2.60. The van der Waals surface area contributed by atoms with Gasteiger partial charge < -0.3 is 35.7 Å². The summed E-state index contributed by atoms with van der Waals surface area (Å²) in [6, 6.07) is 5.39. The molecule has 0 bridgehead atoms. The zero-order chi connectivity index (χ0) is 17.4. The molecule has 8 nitrogen and oxygen atoms in total. The first-order chi connectivity index (χ1) is 11.7. The first kappa shape index (κ1) is 18.1. The summed E-state index contributed by atoms with van der Waals surface area (Å²) in [5, 5.41) is 22.9. The van der Waals surface area contributed by atoms with Crippen molar-refractivity contribution >= 4 is 11.5 Å². The van der Waals surface area contributed by atoms with Gasteiger partial charge in [-0.1, -0.05) is 13.0 Å². The molecule has 1 aliphatic rings. The van der Waals surface area contributed by atoms with Gasteiger partial charge in [-0.2, -0.15) is 0 Å². The third-order valence-electron chi connectivity index (χ3n) is 3.26. The Bertz CT molecular complexity index is 591. The zero-order valence-electron chi connectivity index (χ0n) is 13.7. The highest BCUT2D eigenvalue weighted by Crippen LogP contribution is 2.38. The minimum atomic E-state index is -0.262. The van der Waals surface area contributed by atoms with Crippen molar-refractivity contribution in [2.75, 3.05) is 31.7 Å². The summed E-state index contributed by atoms with van der Waals surface area (Å²) in [4.78, 5) is 0. The van der Waals surface area contributed by atoms with E-state index >= 15 is 0 Å². The number of aliphatic hydroxyl groups excluding tert-OH is 1. The number of aliphatic hydroxyl groups is 1. The van der Waals surface area contributed by atoms with Crippen LogP contribution in [0.2, 0.25) is 0 Å². The van der Waals surface area contributed by atoms with Crippen molar-refractivity contribution in [1.29, 1.82) is 5.41 Å². The van der Waals surface area contributed by atoms with Crippen LogP contribution in [0.5, 0.6) is 11.5 Å². The third kappa shape index (κ3) is 4.60. The minimum Gasteiger partial charge on any atom is -0.490 e. The molecule has 132 valence electrons. The lowest BCUT2D eigenvalue weighted by Gasteiger charge is -2.24. The van der Waals surface area contributed by atoms with Crippen LogP contribution in [0.1, 0.15) is 13.3 Å². The molecule has 1 aromatic carbocycles. The van der Waals surface area contributed by atoms with Crippen molar-refractivity contribution in [3.8, 4) is 11.5 Å². The number of nitrogens with one attached hydrogen (secondary N) is 3. The van der Waals surface area contributed by atoms with E-state index in [1.54, 1.807) is 18.3 Å². The van der Waals surface area contributed by atoms with E-state index in [0.29, 0.717) is 42.5 Å². The molecule has 1 atom stereocenters. The maximum absolute atomic E-state index is 8.81. The summed E-state index contributed by atoms with van der Waals surface area (Å²) < 4.78 is 16.7. The normalized spacial score (nSPS) is 16.1. The van der Waals surface area contributed by atoms with Crippen molar-refractivity contribution in [3.63, 3.8) is 0 Å². The number of fused-ring (bicyclic) bond motifs is 1. The van der Waals surface area contributed by atoms with Crippen LogP contribution < -0.4 is 25.8 Å². The smallest absolute Gasteiger partial charge is 0.185 e. The number of anilines is 1. The second-order valence-corrected chi connectivity index (χ2v) is 5.04. The van der Waals surface area contributed by atoms with Gasteiger partial charge in [0.2, 0.25) is 0 Å². The van der Waals surface area contributed by atoms with Gasteiger partial charge in [-0.15, -0.1) is 0 Å². The highest BCUT2D eigenvalue weighted by atomic mass is 16.5. The molecule has 0 unspecified atom stereocenters. The maximum Gasteiger partial charge on any atom is 0.185 e. The zero-order valence-corrected chi connectivity index (χ0v) is 13.7. The van der Waals surface area contributed by atoms with Crippen LogP contribution in [0.3, 0.4) is 0 Å². The fourth-order valence-electron chi connectivity index (χ4n) is 2.11. The first-order valence-corrected chi connectivity index (χ1v) is 7.88. The Balaban J connectivity index is 2.09. The van der Waals surface area contributed by atoms with Gasteiger partial charge in [0, 0.05) is 12.7 Å². The SMILES string of the molecule is CC[C@H](N/C=C1/Oc2cccc(OCCN)c2NC1=N)OCCO. The monoisotopic (exact) mass is 336 g/mol. The van der Waals surface area contributed by atoms with Crippen molar-refractivity contribution < 1.29 is 19.3 Å². The molecule has 0 saturated heterocycles. The van der Waals surface area contributed by atoms with Gasteiger partial charge >= 0.3 is 0 Å². The van der Waals surface area contributed by atoms with Crippen LogP contribution in [0, 0.1) is 5.41 Å². The van der Waals surface area contributed by atoms with Crippen molar-refractivity contribution in [1.82, 2.24) is 5.32 Å². The van der Waals surface area contributed by atoms with E-state index in [2.05, 4.69) is 10.6 Å². The summed E-state index contributed by atoms with van der Waals surface area (Å²) in [6.45, 7) is 2.95. The molecule has 2 rings (SSSR count). The quantitative estimate of drug-likeness (QED) is 0.426. The molecule has 0 radical (unpaired) electrons. The Kier molecular flexibility index (Phi) is 6.86. The lowest BCUT2D eigenvalue weighted by atomic mass is 10.2. The van der Waals surface area contributed by atoms with Crippen LogP contribution in [0.25, 0.3) is 0 Å². The van der Waals surface area contributed by atoms with Gasteiger partial charge in [-0.05, 0) is 18.6 Å². The van der Waals surface area contributed by atoms with Gasteiger partial charge in [0.15, 0.2) is 17.3 Å². The standard InChI is InChI=1S/C16H24N4O4/c1-2-14(23-9-7-21)19-10-13-16(18)20-15-11(22-8-6-17)4-3-5-12(15)24-13/h3-5,10,14,19,21H,2,6-9,17H2,1H3,(H2,18,20)/b13-10+/t14-/m1/s1. The number of hydrogen-bond acceptors (Lipinski definition) is 7. The number of benzene rings is 1. The van der Waals surface area contributed by atoms with E-state index in [1.165, 1.54) is 0 Å². The number of rotatable bonds is 9. The second-order valence-electron chi connectivity index (χ2n) is 5.04. The second kappa shape index (κ2) is 9.11. The first-order valence-electron chi connectivity index (χ1n) is 7.88. The third-order valence-corrected chi connectivity index (χ3v) is 3.26. The van der Waals surface area contributed by atoms with Gasteiger partial charge in [-0.3, -0.25) is 5.41 Å². The largest absolute Gasteiger partial charge is 0.490 e. The highest BCUT2D eigenvalue weighted by molar-refractivity contribution is 6.08. The minimum absolute atomic E-state index is 0.0401. The molecular weight excluding hydrogens is 312 g/mol. The van der Waals surface area contributed by atoms with E-state index in [1.807, 2.05) is 13.0 Å². The lowest BCUT2D eigenvalue weighted by Crippen LogP contribution is -2.31. The molecule has 6 N–H and O–H groups in total. The molecule has 8 heteroatoms. The summed E-state index contributed by atoms with van der Waals surface area (Å²) in [5.74, 6) is 1.60. The molecule has 24 heavy (non-hydrogen) atoms. The Morgan fingerprint density at radius 2 is 2.29 bits per heavy atom. The van der Waals surface area contributed by atoms with Crippen LogP contribution in [-0.4, -0.2) is 43.5 Å². The molecule has 0 aliphatic carbocycles. The van der Waals surface area contributed by atoms with Crippen LogP contribution in [-0.2, 0) is 4.74 Å². The fourth-order valence-corrected chi connectivity index (χ4v) is 2.11. The summed E-state index contributed by atoms with van der Waals surface area (Å²) >= 11 is 0. The fraction of sp³-hybridized carbons (Fsp3) is 0.438. The van der Waals surface area contributed by atoms with Gasteiger partial charge in [-0.25, -0.2) is 0 Å². The molecule has 1 aliphatic heterocycles. The van der Waals surface area contributed by atoms with E-state index in [9.17, 15) is 0 Å². The Labute approximate surface area is 141 Å². The lowest BCUT2D eigenvalue weighted by molar-refractivity contribution is 0.0148. The molecular formula is C16H24N4O4. The number of hydrogen-bond donors (Lipinski definition) is 5. The number of ether oxygens (including phenoxy) is 3. The molecule has 0 fully saturated rings. The topological polar surface area (TPSA) is 122 Å². The Morgan fingerprint density at radius 3 is 3.00 bits per heavy atom. The Hall–Kier alpha value is -2.29. The maximum atomic E-state index is 8.81. The number of amidine groups is 1. The molecule has 0 aromatic heterocycles. The van der Waals surface area contributed by atoms with Crippen LogP contribution >= 0.6 is 0 Å². The molecule has 1 heterocycles. The summed E-state index contributed by atoms with van der Waals surface area (Å²) in [6.07, 6.45) is 2.02. The predicted molar refractivity (Wildman–Crippen MR) is 91.3 cm³/mol. The molecule has 0 amide bonds. The summed E-state index contributed by atoms with van der Waals surface area (Å²) in [5.41, 5.74) is 6.06. The van der Waals surface area contributed by atoms with Crippen molar-refractivity contribution in [2.24, 2.45) is 5.73 Å². The van der Waals surface area contributed by atoms with E-state index in [4.69, 9.17) is 30.5 Å². The van der Waals surface area contributed by atoms with E-state index in [0.717, 1.165) is 0 Å². The average molecular weight is 336 g/mol. The van der Waals surface area contributed by atoms with Gasteiger partial charge in [0.1, 0.15) is 24.3 Å². The van der Waals surface area contributed by atoms with E-state index in [-0.39, 0.29) is 25.3 Å². The van der Waals surface area contributed by atoms with Crippen molar-refractivity contribution in [3.05, 3.63) is 30.2 Å². The van der Waals surface area contributed by atoms with Crippen molar-refractivity contribution in [2.45, 2.75) is 19.6 Å². The number of para-hydroxylation sites is 1. The molecule has 0 spiro atoms. The Morgan fingerprint density at radius 1 is 1.46 bits per heavy atom. The van der Waals surface area contributed by atoms with Gasteiger partial charge in [0.05, 0.1) is 13.2 Å². The highest BCUT2D eigenvalue weighted by Gasteiger charge is 2.22. The molecule has 1 aromatic rings. The van der Waals surface area contributed by atoms with Gasteiger partial charge in [0.25, 0.3) is 0 Å². The van der Waals surface area contributed by atoms with Crippen LogP contribution in [0.15, 0.2) is 30.2 Å². The number of nitrogens with two attached hydrogens (primary N) is 1. The summed E-state index contributed by atoms with van der Waals surface area (Å²) in [7, 11) is 0. The van der Waals surface area contributed by atoms with E-state index < -0.39 is 0 Å².